The van der Waals surface area contributed by atoms with Crippen molar-refractivity contribution in [2.45, 2.75) is 20.0 Å². The van der Waals surface area contributed by atoms with E-state index in [9.17, 15) is 9.90 Å². The third kappa shape index (κ3) is 2.11. The zero-order chi connectivity index (χ0) is 13.3. The van der Waals surface area contributed by atoms with Gasteiger partial charge in [0, 0.05) is 17.2 Å². The van der Waals surface area contributed by atoms with Gasteiger partial charge in [0.25, 0.3) is 0 Å². The number of fused-ring (bicyclic) bond motifs is 1. The highest BCUT2D eigenvalue weighted by atomic mass is 35.5. The third-order valence-corrected chi connectivity index (χ3v) is 3.00. The molecule has 0 amide bonds. The number of hydrogen-bond acceptors (Lipinski definition) is 5. The first-order valence-corrected chi connectivity index (χ1v) is 5.87. The zero-order valence-electron chi connectivity index (χ0n) is 10.0. The van der Waals surface area contributed by atoms with Crippen molar-refractivity contribution in [3.63, 3.8) is 0 Å². The van der Waals surface area contributed by atoms with Gasteiger partial charge in [-0.3, -0.25) is 0 Å². The van der Waals surface area contributed by atoms with Gasteiger partial charge in [-0.05, 0) is 13.8 Å². The molecule has 6 heteroatoms. The molecule has 1 aromatic carbocycles. The van der Waals surface area contributed by atoms with Gasteiger partial charge < -0.3 is 19.3 Å². The quantitative estimate of drug-likeness (QED) is 0.852. The molecule has 1 N–H and O–H groups in total. The summed E-state index contributed by atoms with van der Waals surface area (Å²) in [6.45, 7) is 3.67. The molecule has 1 aliphatic rings. The van der Waals surface area contributed by atoms with Crippen molar-refractivity contribution in [2.75, 3.05) is 13.4 Å². The Morgan fingerprint density at radius 3 is 3.00 bits per heavy atom. The number of rotatable bonds is 3. The number of halogens is 1. The van der Waals surface area contributed by atoms with Gasteiger partial charge in [0.2, 0.25) is 6.79 Å². The fourth-order valence-electron chi connectivity index (χ4n) is 1.86. The van der Waals surface area contributed by atoms with Gasteiger partial charge in [0.15, 0.2) is 17.6 Å². The van der Waals surface area contributed by atoms with Crippen molar-refractivity contribution in [3.05, 3.63) is 22.2 Å². The van der Waals surface area contributed by atoms with Crippen LogP contribution in [0.5, 0.6) is 11.5 Å². The molecular formula is C12H13ClO5. The average Bonchev–Trinajstić information content (AvgIpc) is 2.77. The van der Waals surface area contributed by atoms with Gasteiger partial charge >= 0.3 is 5.97 Å². The Morgan fingerprint density at radius 2 is 2.33 bits per heavy atom. The minimum absolute atomic E-state index is 0.103. The van der Waals surface area contributed by atoms with E-state index in [0.29, 0.717) is 22.6 Å². The van der Waals surface area contributed by atoms with Gasteiger partial charge in [0.05, 0.1) is 11.6 Å². The van der Waals surface area contributed by atoms with Crippen LogP contribution in [0.25, 0.3) is 0 Å². The van der Waals surface area contributed by atoms with Gasteiger partial charge in [0.1, 0.15) is 0 Å². The molecule has 0 aromatic heterocycles. The van der Waals surface area contributed by atoms with Crippen LogP contribution in [0.4, 0.5) is 0 Å². The Morgan fingerprint density at radius 1 is 1.61 bits per heavy atom. The van der Waals surface area contributed by atoms with E-state index in [2.05, 4.69) is 0 Å². The van der Waals surface area contributed by atoms with E-state index in [1.807, 2.05) is 0 Å². The van der Waals surface area contributed by atoms with E-state index in [-0.39, 0.29) is 18.4 Å². The average molecular weight is 273 g/mol. The summed E-state index contributed by atoms with van der Waals surface area (Å²) in [6, 6.07) is 1.52. The Kier molecular flexibility index (Phi) is 3.63. The molecule has 0 saturated carbocycles. The van der Waals surface area contributed by atoms with E-state index in [0.717, 1.165) is 0 Å². The molecule has 0 spiro atoms. The van der Waals surface area contributed by atoms with Crippen LogP contribution < -0.4 is 9.47 Å². The SMILES string of the molecule is CCOC(=O)C(O)c1c(Cl)cc2c(c1C)OCO2. The lowest BCUT2D eigenvalue weighted by Gasteiger charge is -2.15. The molecule has 18 heavy (non-hydrogen) atoms. The number of esters is 1. The summed E-state index contributed by atoms with van der Waals surface area (Å²) >= 11 is 6.05. The summed E-state index contributed by atoms with van der Waals surface area (Å²) in [4.78, 5) is 11.5. The molecule has 0 bridgehead atoms. The van der Waals surface area contributed by atoms with E-state index in [1.54, 1.807) is 13.8 Å². The second-order valence-electron chi connectivity index (χ2n) is 3.79. The molecule has 5 nitrogen and oxygen atoms in total. The lowest BCUT2D eigenvalue weighted by molar-refractivity contribution is -0.153. The molecular weight excluding hydrogens is 260 g/mol. The van der Waals surface area contributed by atoms with Crippen molar-refractivity contribution in [2.24, 2.45) is 0 Å². The van der Waals surface area contributed by atoms with Crippen LogP contribution in [0, 0.1) is 6.92 Å². The van der Waals surface area contributed by atoms with E-state index in [4.69, 9.17) is 25.8 Å². The van der Waals surface area contributed by atoms with Crippen LogP contribution in [0.2, 0.25) is 5.02 Å². The number of carbonyl (C=O) groups is 1. The molecule has 2 rings (SSSR count). The molecule has 0 saturated heterocycles. The van der Waals surface area contributed by atoms with Gasteiger partial charge in [-0.15, -0.1) is 0 Å². The molecule has 1 unspecified atom stereocenters. The van der Waals surface area contributed by atoms with Gasteiger partial charge in [-0.1, -0.05) is 11.6 Å². The molecule has 1 aromatic rings. The Bertz CT molecular complexity index is 486. The largest absolute Gasteiger partial charge is 0.464 e. The first-order valence-electron chi connectivity index (χ1n) is 5.49. The molecule has 98 valence electrons. The highest BCUT2D eigenvalue weighted by Crippen LogP contribution is 2.43. The summed E-state index contributed by atoms with van der Waals surface area (Å²) < 4.78 is 15.2. The summed E-state index contributed by atoms with van der Waals surface area (Å²) in [5.74, 6) is 0.274. The smallest absolute Gasteiger partial charge is 0.339 e. The van der Waals surface area contributed by atoms with Crippen LogP contribution in [0.15, 0.2) is 6.07 Å². The van der Waals surface area contributed by atoms with Crippen molar-refractivity contribution >= 4 is 17.6 Å². The maximum Gasteiger partial charge on any atom is 0.339 e. The zero-order valence-corrected chi connectivity index (χ0v) is 10.8. The lowest BCUT2D eigenvalue weighted by Crippen LogP contribution is -2.17. The van der Waals surface area contributed by atoms with Crippen LogP contribution in [-0.2, 0) is 9.53 Å². The number of ether oxygens (including phenoxy) is 3. The van der Waals surface area contributed by atoms with Crippen LogP contribution in [-0.4, -0.2) is 24.5 Å². The summed E-state index contributed by atoms with van der Waals surface area (Å²) in [6.07, 6.45) is -1.42. The third-order valence-electron chi connectivity index (χ3n) is 2.68. The van der Waals surface area contributed by atoms with Gasteiger partial charge in [-0.2, -0.15) is 0 Å². The molecule has 0 aliphatic carbocycles. The van der Waals surface area contributed by atoms with Gasteiger partial charge in [-0.25, -0.2) is 4.79 Å². The minimum atomic E-state index is -1.42. The summed E-state index contributed by atoms with van der Waals surface area (Å²) in [7, 11) is 0. The number of aliphatic hydroxyl groups excluding tert-OH is 1. The van der Waals surface area contributed by atoms with Crippen molar-refractivity contribution in [3.8, 4) is 11.5 Å². The second-order valence-corrected chi connectivity index (χ2v) is 4.19. The predicted molar refractivity (Wildman–Crippen MR) is 63.9 cm³/mol. The molecule has 1 atom stereocenters. The predicted octanol–water partition coefficient (Wildman–Crippen LogP) is 1.97. The monoisotopic (exact) mass is 272 g/mol. The van der Waals surface area contributed by atoms with E-state index >= 15 is 0 Å². The fourth-order valence-corrected chi connectivity index (χ4v) is 2.20. The maximum atomic E-state index is 11.5. The Balaban J connectivity index is 2.42. The topological polar surface area (TPSA) is 65.0 Å². The summed E-state index contributed by atoms with van der Waals surface area (Å²) in [5.41, 5.74) is 0.870. The Hall–Kier alpha value is -1.46. The van der Waals surface area contributed by atoms with Crippen molar-refractivity contribution in [1.82, 2.24) is 0 Å². The molecule has 1 heterocycles. The van der Waals surface area contributed by atoms with E-state index in [1.165, 1.54) is 6.07 Å². The first kappa shape index (κ1) is 13.0. The normalized spacial score (nSPS) is 14.4. The molecule has 0 radical (unpaired) electrons. The minimum Gasteiger partial charge on any atom is -0.464 e. The Labute approximate surface area is 109 Å². The number of benzene rings is 1. The van der Waals surface area contributed by atoms with Crippen LogP contribution in [0.1, 0.15) is 24.2 Å². The number of aliphatic hydroxyl groups is 1. The molecule has 1 aliphatic heterocycles. The second kappa shape index (κ2) is 5.04. The molecule has 0 fully saturated rings. The van der Waals surface area contributed by atoms with Crippen LogP contribution >= 0.6 is 11.6 Å². The van der Waals surface area contributed by atoms with Crippen molar-refractivity contribution < 1.29 is 24.1 Å². The summed E-state index contributed by atoms with van der Waals surface area (Å²) in [5, 5.41) is 10.2. The number of hydrogen-bond donors (Lipinski definition) is 1. The standard InChI is InChI=1S/C12H13ClO5/c1-3-16-12(15)10(14)9-6(2)11-8(4-7(9)13)17-5-18-11/h4,10,14H,3,5H2,1-2H3. The fraction of sp³-hybridized carbons (Fsp3) is 0.417. The van der Waals surface area contributed by atoms with E-state index < -0.39 is 12.1 Å². The lowest BCUT2D eigenvalue weighted by atomic mass is 10.0. The highest BCUT2D eigenvalue weighted by Gasteiger charge is 2.29. The van der Waals surface area contributed by atoms with Crippen molar-refractivity contribution in [1.29, 1.82) is 0 Å². The highest BCUT2D eigenvalue weighted by molar-refractivity contribution is 6.32. The maximum absolute atomic E-state index is 11.5. The van der Waals surface area contributed by atoms with Crippen LogP contribution in [0.3, 0.4) is 0 Å². The first-order chi connectivity index (χ1) is 8.56. The number of carbonyl (C=O) groups excluding carboxylic acids is 1.